The van der Waals surface area contributed by atoms with E-state index in [-0.39, 0.29) is 0 Å². The van der Waals surface area contributed by atoms with Gasteiger partial charge in [-0.05, 0) is 37.3 Å². The minimum Gasteiger partial charge on any atom is -0.370 e. The van der Waals surface area contributed by atoms with E-state index >= 15 is 0 Å². The molecular formula is C13H16N2. The quantitative estimate of drug-likeness (QED) is 0.596. The lowest BCUT2D eigenvalue weighted by Crippen LogP contribution is -2.04. The Morgan fingerprint density at radius 1 is 1.40 bits per heavy atom. The van der Waals surface area contributed by atoms with E-state index in [0.29, 0.717) is 0 Å². The van der Waals surface area contributed by atoms with Gasteiger partial charge in [0.2, 0.25) is 0 Å². The van der Waals surface area contributed by atoms with Crippen LogP contribution in [0.2, 0.25) is 0 Å². The molecule has 0 bridgehead atoms. The molecule has 1 heterocycles. The molecule has 0 spiro atoms. The number of fused-ring (bicyclic) bond motifs is 1. The highest BCUT2D eigenvalue weighted by Gasteiger charge is 2.11. The van der Waals surface area contributed by atoms with Crippen LogP contribution in [0.4, 0.5) is 5.82 Å². The molecule has 2 nitrogen and oxygen atoms in total. The second kappa shape index (κ2) is 4.84. The first-order valence-corrected chi connectivity index (χ1v) is 5.56. The van der Waals surface area contributed by atoms with Gasteiger partial charge in [0.05, 0.1) is 0 Å². The van der Waals surface area contributed by atoms with Crippen molar-refractivity contribution >= 4 is 5.82 Å². The van der Waals surface area contributed by atoms with E-state index < -0.39 is 0 Å². The Morgan fingerprint density at radius 3 is 3.20 bits per heavy atom. The maximum Gasteiger partial charge on any atom is 0.126 e. The minimum atomic E-state index is 0.831. The Bertz CT molecular complexity index is 377. The molecule has 0 amide bonds. The number of hydrogen-bond acceptors (Lipinski definition) is 2. The molecule has 0 aliphatic heterocycles. The van der Waals surface area contributed by atoms with Gasteiger partial charge < -0.3 is 5.32 Å². The second-order valence-electron chi connectivity index (χ2n) is 3.89. The van der Waals surface area contributed by atoms with Crippen LogP contribution in [0, 0.1) is 12.3 Å². The molecule has 0 fully saturated rings. The van der Waals surface area contributed by atoms with E-state index in [9.17, 15) is 0 Å². The number of rotatable bonds is 4. The lowest BCUT2D eigenvalue weighted by atomic mass is 10.2. The molecule has 1 aliphatic carbocycles. The molecule has 0 atom stereocenters. The Hall–Kier alpha value is -1.49. The van der Waals surface area contributed by atoms with E-state index in [1.807, 2.05) is 0 Å². The first-order valence-electron chi connectivity index (χ1n) is 5.56. The Morgan fingerprint density at radius 2 is 2.33 bits per heavy atom. The van der Waals surface area contributed by atoms with Crippen LogP contribution >= 0.6 is 0 Å². The maximum atomic E-state index is 5.19. The van der Waals surface area contributed by atoms with Crippen LogP contribution < -0.4 is 5.32 Å². The lowest BCUT2D eigenvalue weighted by molar-refractivity contribution is 0.888. The smallest absolute Gasteiger partial charge is 0.126 e. The predicted octanol–water partition coefficient (Wildman–Crippen LogP) is 2.40. The fraction of sp³-hybridized carbons (Fsp3) is 0.462. The molecule has 15 heavy (non-hydrogen) atoms. The van der Waals surface area contributed by atoms with Gasteiger partial charge in [0.15, 0.2) is 0 Å². The van der Waals surface area contributed by atoms with E-state index in [2.05, 4.69) is 28.4 Å². The summed E-state index contributed by atoms with van der Waals surface area (Å²) in [6.45, 7) is 0.913. The molecule has 78 valence electrons. The highest BCUT2D eigenvalue weighted by Crippen LogP contribution is 2.21. The van der Waals surface area contributed by atoms with Crippen molar-refractivity contribution in [3.8, 4) is 12.3 Å². The van der Waals surface area contributed by atoms with E-state index in [0.717, 1.165) is 31.6 Å². The summed E-state index contributed by atoms with van der Waals surface area (Å²) in [6.07, 6.45) is 10.6. The standard InChI is InChI=1S/C13H16N2/c1-2-3-4-10-14-13-9-8-11-6-5-7-12(11)15-13/h1,8-9H,3-7,10H2,(H,14,15). The number of aromatic nitrogens is 1. The number of aryl methyl sites for hydroxylation is 2. The van der Waals surface area contributed by atoms with Gasteiger partial charge in [-0.3, -0.25) is 0 Å². The molecule has 2 rings (SSSR count). The number of terminal acetylenes is 1. The third-order valence-corrected chi connectivity index (χ3v) is 2.73. The summed E-state index contributed by atoms with van der Waals surface area (Å²) >= 11 is 0. The van der Waals surface area contributed by atoms with Gasteiger partial charge in [0, 0.05) is 18.7 Å². The molecule has 0 unspecified atom stereocenters. The van der Waals surface area contributed by atoms with Gasteiger partial charge in [-0.2, -0.15) is 0 Å². The van der Waals surface area contributed by atoms with E-state index in [1.165, 1.54) is 24.1 Å². The topological polar surface area (TPSA) is 24.9 Å². The van der Waals surface area contributed by atoms with E-state index in [1.54, 1.807) is 0 Å². The van der Waals surface area contributed by atoms with Gasteiger partial charge in [-0.25, -0.2) is 4.98 Å². The minimum absolute atomic E-state index is 0.831. The predicted molar refractivity (Wildman–Crippen MR) is 62.8 cm³/mol. The Labute approximate surface area is 91.1 Å². The van der Waals surface area contributed by atoms with Crippen molar-refractivity contribution in [1.82, 2.24) is 4.98 Å². The largest absolute Gasteiger partial charge is 0.370 e. The Balaban J connectivity index is 1.90. The molecule has 0 aromatic carbocycles. The molecular weight excluding hydrogens is 184 g/mol. The number of hydrogen-bond donors (Lipinski definition) is 1. The monoisotopic (exact) mass is 200 g/mol. The summed E-state index contributed by atoms with van der Waals surface area (Å²) in [5.41, 5.74) is 2.70. The highest BCUT2D eigenvalue weighted by molar-refractivity contribution is 5.40. The lowest BCUT2D eigenvalue weighted by Gasteiger charge is -2.06. The highest BCUT2D eigenvalue weighted by atomic mass is 15.0. The third-order valence-electron chi connectivity index (χ3n) is 2.73. The summed E-state index contributed by atoms with van der Waals surface area (Å²) in [5.74, 6) is 3.63. The zero-order valence-corrected chi connectivity index (χ0v) is 8.92. The van der Waals surface area contributed by atoms with Crippen molar-refractivity contribution < 1.29 is 0 Å². The maximum absolute atomic E-state index is 5.19. The summed E-state index contributed by atoms with van der Waals surface area (Å²) in [4.78, 5) is 4.59. The van der Waals surface area contributed by atoms with Gasteiger partial charge in [0.1, 0.15) is 5.82 Å². The zero-order chi connectivity index (χ0) is 10.5. The third kappa shape index (κ3) is 2.50. The van der Waals surface area contributed by atoms with E-state index in [4.69, 9.17) is 6.42 Å². The zero-order valence-electron chi connectivity index (χ0n) is 8.92. The van der Waals surface area contributed by atoms with Gasteiger partial charge in [-0.1, -0.05) is 6.07 Å². The van der Waals surface area contributed by atoms with Crippen LogP contribution in [0.3, 0.4) is 0 Å². The summed E-state index contributed by atoms with van der Waals surface area (Å²) in [7, 11) is 0. The van der Waals surface area contributed by atoms with Crippen LogP contribution in [0.15, 0.2) is 12.1 Å². The summed E-state index contributed by atoms with van der Waals surface area (Å²) < 4.78 is 0. The number of nitrogens with zero attached hydrogens (tertiary/aromatic N) is 1. The van der Waals surface area contributed by atoms with Crippen LogP contribution in [0.1, 0.15) is 30.5 Å². The van der Waals surface area contributed by atoms with Crippen molar-refractivity contribution in [2.24, 2.45) is 0 Å². The molecule has 2 heteroatoms. The van der Waals surface area contributed by atoms with Crippen molar-refractivity contribution in [1.29, 1.82) is 0 Å². The fourth-order valence-corrected chi connectivity index (χ4v) is 1.93. The molecule has 0 radical (unpaired) electrons. The van der Waals surface area contributed by atoms with Crippen LogP contribution in [0.5, 0.6) is 0 Å². The average Bonchev–Trinajstić information content (AvgIpc) is 2.71. The SMILES string of the molecule is C#CCCCNc1ccc2c(n1)CCC2. The van der Waals surface area contributed by atoms with Crippen LogP contribution in [0.25, 0.3) is 0 Å². The molecule has 0 saturated carbocycles. The van der Waals surface area contributed by atoms with Crippen LogP contribution in [-0.4, -0.2) is 11.5 Å². The first-order chi connectivity index (χ1) is 7.40. The van der Waals surface area contributed by atoms with Gasteiger partial charge in [-0.15, -0.1) is 12.3 Å². The molecule has 0 saturated heterocycles. The van der Waals surface area contributed by atoms with Gasteiger partial charge in [0.25, 0.3) is 0 Å². The molecule has 1 aliphatic rings. The summed E-state index contributed by atoms with van der Waals surface area (Å²) in [5, 5.41) is 3.30. The molecule has 1 aromatic rings. The van der Waals surface area contributed by atoms with Crippen LogP contribution in [-0.2, 0) is 12.8 Å². The van der Waals surface area contributed by atoms with Crippen molar-refractivity contribution in [2.45, 2.75) is 32.1 Å². The molecule has 1 aromatic heterocycles. The number of pyridine rings is 1. The number of anilines is 1. The number of nitrogens with one attached hydrogen (secondary N) is 1. The number of unbranched alkanes of at least 4 members (excludes halogenated alkanes) is 1. The van der Waals surface area contributed by atoms with Crippen molar-refractivity contribution in [2.75, 3.05) is 11.9 Å². The van der Waals surface area contributed by atoms with Gasteiger partial charge >= 0.3 is 0 Å². The van der Waals surface area contributed by atoms with Crippen molar-refractivity contribution in [3.05, 3.63) is 23.4 Å². The molecule has 1 N–H and O–H groups in total. The first kappa shape index (κ1) is 10.0. The fourth-order valence-electron chi connectivity index (χ4n) is 1.93. The normalized spacial score (nSPS) is 13.3. The second-order valence-corrected chi connectivity index (χ2v) is 3.89. The Kier molecular flexibility index (Phi) is 3.24. The average molecular weight is 200 g/mol. The van der Waals surface area contributed by atoms with Crippen molar-refractivity contribution in [3.63, 3.8) is 0 Å². The summed E-state index contributed by atoms with van der Waals surface area (Å²) in [6, 6.07) is 4.26.